The smallest absolute Gasteiger partial charge is 0.0720 e. The highest BCUT2D eigenvalue weighted by atomic mass is 16.5. The summed E-state index contributed by atoms with van der Waals surface area (Å²) in [4.78, 5) is 0. The van der Waals surface area contributed by atoms with Gasteiger partial charge in [0.15, 0.2) is 0 Å². The van der Waals surface area contributed by atoms with Crippen molar-refractivity contribution in [1.82, 2.24) is 0 Å². The molecule has 0 aromatic heterocycles. The van der Waals surface area contributed by atoms with Gasteiger partial charge in [0.05, 0.1) is 25.4 Å². The third kappa shape index (κ3) is 7.37. The van der Waals surface area contributed by atoms with Crippen molar-refractivity contribution in [2.24, 2.45) is 0 Å². The molecule has 0 spiro atoms. The molecule has 5 aromatic rings. The van der Waals surface area contributed by atoms with Crippen molar-refractivity contribution in [3.63, 3.8) is 0 Å². The number of benzene rings is 5. The van der Waals surface area contributed by atoms with E-state index in [0.29, 0.717) is 25.4 Å². The van der Waals surface area contributed by atoms with Crippen LogP contribution in [0.15, 0.2) is 97.1 Å². The molecular weight excluding hydrogens is 560 g/mol. The largest absolute Gasteiger partial charge is 0.374 e. The van der Waals surface area contributed by atoms with Crippen LogP contribution >= 0.6 is 0 Å². The highest BCUT2D eigenvalue weighted by Crippen LogP contribution is 2.32. The molecule has 0 atom stereocenters. The zero-order valence-electron chi connectivity index (χ0n) is 26.7. The molecule has 230 valence electrons. The fraction of sp³-hybridized carbons (Fsp3) is 0.318. The Morgan fingerprint density at radius 1 is 0.413 bits per heavy atom. The van der Waals surface area contributed by atoms with Gasteiger partial charge in [-0.2, -0.15) is 0 Å². The highest BCUT2D eigenvalue weighted by Gasteiger charge is 2.15. The molecule has 0 aliphatic heterocycles. The van der Waals surface area contributed by atoms with E-state index in [0.717, 1.165) is 43.8 Å². The van der Waals surface area contributed by atoms with Gasteiger partial charge in [-0.1, -0.05) is 135 Å². The van der Waals surface area contributed by atoms with E-state index in [1.165, 1.54) is 75.3 Å². The molecule has 2 saturated carbocycles. The summed E-state index contributed by atoms with van der Waals surface area (Å²) in [6, 6.07) is 34.1. The van der Waals surface area contributed by atoms with Crippen molar-refractivity contribution in [3.8, 4) is 23.7 Å². The van der Waals surface area contributed by atoms with Crippen LogP contribution in [0.1, 0.15) is 97.6 Å². The van der Waals surface area contributed by atoms with Gasteiger partial charge in [0.25, 0.3) is 0 Å². The lowest BCUT2D eigenvalue weighted by atomic mass is 9.92. The first-order chi connectivity index (χ1) is 22.8. The van der Waals surface area contributed by atoms with Crippen LogP contribution in [0, 0.1) is 23.7 Å². The summed E-state index contributed by atoms with van der Waals surface area (Å²) in [5.41, 5.74) is 6.51. The Bertz CT molecular complexity index is 1700. The summed E-state index contributed by atoms with van der Waals surface area (Å²) in [6.45, 7) is 1.35. The minimum absolute atomic E-state index is 0.416. The molecule has 2 nitrogen and oxygen atoms in total. The Morgan fingerprint density at radius 2 is 0.761 bits per heavy atom. The molecule has 0 bridgehead atoms. The number of hydrogen-bond acceptors (Lipinski definition) is 2. The normalized spacial score (nSPS) is 15.7. The minimum Gasteiger partial charge on any atom is -0.374 e. The van der Waals surface area contributed by atoms with E-state index in [9.17, 15) is 0 Å². The Balaban J connectivity index is 1.13. The van der Waals surface area contributed by atoms with E-state index in [1.54, 1.807) is 0 Å². The summed E-state index contributed by atoms with van der Waals surface area (Å²) >= 11 is 0. The topological polar surface area (TPSA) is 18.5 Å². The summed E-state index contributed by atoms with van der Waals surface area (Å²) in [7, 11) is 0. The lowest BCUT2D eigenvalue weighted by molar-refractivity contribution is 0.0168. The molecule has 0 heterocycles. The van der Waals surface area contributed by atoms with Crippen molar-refractivity contribution in [2.75, 3.05) is 0 Å². The maximum atomic E-state index is 6.18. The molecule has 0 radical (unpaired) electrons. The summed E-state index contributed by atoms with van der Waals surface area (Å²) in [6.07, 6.45) is 13.5. The molecule has 0 amide bonds. The zero-order valence-corrected chi connectivity index (χ0v) is 26.7. The number of rotatable bonds is 6. The number of fused-ring (bicyclic) bond motifs is 2. The quantitative estimate of drug-likeness (QED) is 0.142. The van der Waals surface area contributed by atoms with Gasteiger partial charge in [-0.25, -0.2) is 0 Å². The molecule has 2 aliphatic carbocycles. The summed E-state index contributed by atoms with van der Waals surface area (Å²) in [5, 5.41) is 4.52. The lowest BCUT2D eigenvalue weighted by Crippen LogP contribution is -2.16. The van der Waals surface area contributed by atoms with Gasteiger partial charge in [0, 0.05) is 22.3 Å². The van der Waals surface area contributed by atoms with Crippen molar-refractivity contribution in [2.45, 2.75) is 89.6 Å². The van der Waals surface area contributed by atoms with Crippen molar-refractivity contribution < 1.29 is 9.47 Å². The SMILES string of the molecule is C(#Cc1c2ccccc2c(C#Cc2ccc(COC3CCCCC3)cc2)c2ccccc12)c1ccc(COC2CCCCC2)cc1. The average Bonchev–Trinajstić information content (AvgIpc) is 3.13. The first-order valence-corrected chi connectivity index (χ1v) is 17.2. The molecule has 5 aromatic carbocycles. The van der Waals surface area contributed by atoms with Crippen molar-refractivity contribution in [3.05, 3.63) is 130 Å². The van der Waals surface area contributed by atoms with Crippen LogP contribution in [0.4, 0.5) is 0 Å². The maximum absolute atomic E-state index is 6.18. The molecular formula is C44H42O2. The van der Waals surface area contributed by atoms with Gasteiger partial charge in [-0.15, -0.1) is 0 Å². The van der Waals surface area contributed by atoms with Crippen molar-refractivity contribution >= 4 is 21.5 Å². The predicted octanol–water partition coefficient (Wildman–Crippen LogP) is 10.5. The van der Waals surface area contributed by atoms with Gasteiger partial charge in [0.1, 0.15) is 0 Å². The second kappa shape index (κ2) is 14.8. The summed E-state index contributed by atoms with van der Waals surface area (Å²) in [5.74, 6) is 14.0. The van der Waals surface area contributed by atoms with Crippen LogP contribution in [0.2, 0.25) is 0 Å². The fourth-order valence-corrected chi connectivity index (χ4v) is 6.93. The Kier molecular flexibility index (Phi) is 9.78. The zero-order chi connectivity index (χ0) is 31.0. The van der Waals surface area contributed by atoms with Gasteiger partial charge < -0.3 is 9.47 Å². The van der Waals surface area contributed by atoms with Crippen LogP contribution in [0.25, 0.3) is 21.5 Å². The molecule has 0 unspecified atom stereocenters. The number of hydrogen-bond donors (Lipinski definition) is 0. The number of ether oxygens (including phenoxy) is 2. The van der Waals surface area contributed by atoms with E-state index in [-0.39, 0.29) is 0 Å². The molecule has 0 saturated heterocycles. The lowest BCUT2D eigenvalue weighted by Gasteiger charge is -2.21. The third-order valence-corrected chi connectivity index (χ3v) is 9.58. The first kappa shape index (κ1) is 30.3. The maximum Gasteiger partial charge on any atom is 0.0720 e. The highest BCUT2D eigenvalue weighted by molar-refractivity contribution is 6.09. The van der Waals surface area contributed by atoms with Gasteiger partial charge in [-0.05, 0) is 82.6 Å². The molecule has 2 aliphatic rings. The van der Waals surface area contributed by atoms with Crippen LogP contribution < -0.4 is 0 Å². The van der Waals surface area contributed by atoms with E-state index in [4.69, 9.17) is 9.47 Å². The molecule has 0 N–H and O–H groups in total. The third-order valence-electron chi connectivity index (χ3n) is 9.58. The first-order valence-electron chi connectivity index (χ1n) is 17.2. The van der Waals surface area contributed by atoms with Crippen LogP contribution in [-0.4, -0.2) is 12.2 Å². The standard InChI is InChI=1S/C44H42O2/c1-3-11-37(12-4-1)45-31-35-23-19-33(20-24-35)27-29-43-39-15-7-9-17-41(39)44(42-18-10-8-16-40(42)43)30-28-34-21-25-36(26-22-34)32-46-38-13-5-2-6-14-38/h7-10,15-26,37-38H,1-6,11-14,31-32H2. The average molecular weight is 603 g/mol. The Hall–Kier alpha value is -4.34. The van der Waals surface area contributed by atoms with E-state index >= 15 is 0 Å². The van der Waals surface area contributed by atoms with Crippen molar-refractivity contribution in [1.29, 1.82) is 0 Å². The molecule has 2 heteroatoms. The molecule has 2 fully saturated rings. The van der Waals surface area contributed by atoms with E-state index in [1.807, 2.05) is 0 Å². The van der Waals surface area contributed by atoms with E-state index < -0.39 is 0 Å². The van der Waals surface area contributed by atoms with E-state index in [2.05, 4.69) is 121 Å². The Labute approximate surface area is 274 Å². The monoisotopic (exact) mass is 602 g/mol. The Morgan fingerprint density at radius 3 is 1.11 bits per heavy atom. The van der Waals surface area contributed by atoms with Crippen LogP contribution in [0.5, 0.6) is 0 Å². The predicted molar refractivity (Wildman–Crippen MR) is 190 cm³/mol. The summed E-state index contributed by atoms with van der Waals surface area (Å²) < 4.78 is 12.4. The van der Waals surface area contributed by atoms with Crippen LogP contribution in [-0.2, 0) is 22.7 Å². The van der Waals surface area contributed by atoms with Crippen LogP contribution in [0.3, 0.4) is 0 Å². The fourth-order valence-electron chi connectivity index (χ4n) is 6.93. The minimum atomic E-state index is 0.416. The van der Waals surface area contributed by atoms with Gasteiger partial charge in [-0.3, -0.25) is 0 Å². The second-order valence-electron chi connectivity index (χ2n) is 12.9. The molecule has 7 rings (SSSR count). The van der Waals surface area contributed by atoms with Gasteiger partial charge >= 0.3 is 0 Å². The van der Waals surface area contributed by atoms with Gasteiger partial charge in [0.2, 0.25) is 0 Å². The second-order valence-corrected chi connectivity index (χ2v) is 12.9. The molecule has 46 heavy (non-hydrogen) atoms.